The molecule has 3 fully saturated rings. The number of methoxy groups -OCH3 is 2. The molecule has 4 rings (SSSR count). The van der Waals surface area contributed by atoms with Crippen LogP contribution in [0.5, 0.6) is 5.75 Å². The fourth-order valence-corrected chi connectivity index (χ4v) is 5.73. The molecule has 31 heavy (non-hydrogen) atoms. The van der Waals surface area contributed by atoms with Gasteiger partial charge in [-0.15, -0.1) is 0 Å². The topological polar surface area (TPSA) is 70.1 Å². The number of aromatic nitrogens is 1. The number of β-lactam (4-membered cyclic amide) rings is 1. The maximum absolute atomic E-state index is 13.2. The van der Waals surface area contributed by atoms with Crippen molar-refractivity contribution in [3.63, 3.8) is 0 Å². The van der Waals surface area contributed by atoms with Crippen molar-refractivity contribution in [3.8, 4) is 5.75 Å². The lowest BCUT2D eigenvalue weighted by Gasteiger charge is -2.55. The summed E-state index contributed by atoms with van der Waals surface area (Å²) in [6, 6.07) is 3.80. The first-order valence-electron chi connectivity index (χ1n) is 11.5. The van der Waals surface area contributed by atoms with Gasteiger partial charge in [0.15, 0.2) is 5.60 Å². The maximum Gasteiger partial charge on any atom is 0.259 e. The molecule has 172 valence electrons. The third-order valence-corrected chi connectivity index (χ3v) is 7.13. The first-order valence-corrected chi connectivity index (χ1v) is 11.5. The van der Waals surface area contributed by atoms with Gasteiger partial charge < -0.3 is 23.8 Å². The van der Waals surface area contributed by atoms with Gasteiger partial charge in [-0.2, -0.15) is 0 Å². The summed E-state index contributed by atoms with van der Waals surface area (Å²) in [6.45, 7) is 4.62. The molecule has 5 atom stereocenters. The van der Waals surface area contributed by atoms with E-state index in [0.717, 1.165) is 30.2 Å². The van der Waals surface area contributed by atoms with Crippen LogP contribution < -0.4 is 4.74 Å². The van der Waals surface area contributed by atoms with Crippen molar-refractivity contribution in [2.75, 3.05) is 27.7 Å². The van der Waals surface area contributed by atoms with E-state index in [-0.39, 0.29) is 25.5 Å². The minimum atomic E-state index is -0.989. The van der Waals surface area contributed by atoms with Crippen LogP contribution in [0.3, 0.4) is 0 Å². The van der Waals surface area contributed by atoms with Crippen LogP contribution in [0.4, 0.5) is 0 Å². The van der Waals surface area contributed by atoms with Crippen LogP contribution in [-0.4, -0.2) is 61.3 Å². The Bertz CT molecular complexity index is 772. The van der Waals surface area contributed by atoms with E-state index in [1.807, 2.05) is 12.1 Å². The molecule has 7 nitrogen and oxygen atoms in total. The highest BCUT2D eigenvalue weighted by molar-refractivity contribution is 5.93. The molecule has 1 aliphatic heterocycles. The Kier molecular flexibility index (Phi) is 6.84. The van der Waals surface area contributed by atoms with Gasteiger partial charge in [-0.1, -0.05) is 13.8 Å². The SMILES string of the molecule is COCO[C@@]1(Cc2cc(OC3CC4CCC3C4)ccn2)C(=O)N(COC)[C@H]1CC(C)C. The second-order valence-electron chi connectivity index (χ2n) is 9.77. The van der Waals surface area contributed by atoms with Gasteiger partial charge in [0.2, 0.25) is 0 Å². The Labute approximate surface area is 185 Å². The Balaban J connectivity index is 1.52. The van der Waals surface area contributed by atoms with Gasteiger partial charge in [0.25, 0.3) is 5.91 Å². The third-order valence-electron chi connectivity index (χ3n) is 7.13. The molecule has 2 bridgehead atoms. The predicted molar refractivity (Wildman–Crippen MR) is 115 cm³/mol. The fourth-order valence-electron chi connectivity index (χ4n) is 5.73. The number of hydrogen-bond acceptors (Lipinski definition) is 6. The zero-order valence-corrected chi connectivity index (χ0v) is 19.2. The number of fused-ring (bicyclic) bond motifs is 2. The zero-order chi connectivity index (χ0) is 22.0. The van der Waals surface area contributed by atoms with Gasteiger partial charge in [-0.25, -0.2) is 0 Å². The fraction of sp³-hybridized carbons (Fsp3) is 0.750. The van der Waals surface area contributed by atoms with Gasteiger partial charge in [0.05, 0.1) is 6.04 Å². The molecule has 0 aromatic carbocycles. The molecule has 0 N–H and O–H groups in total. The van der Waals surface area contributed by atoms with Crippen molar-refractivity contribution in [2.24, 2.45) is 17.8 Å². The van der Waals surface area contributed by atoms with Crippen LogP contribution in [-0.2, 0) is 25.4 Å². The molecule has 1 amide bonds. The standard InChI is InChI=1S/C24H36N2O5/c1-16(2)9-22-24(30-15-29-4,23(27)26(22)14-28-3)13-19-12-20(7-8-25-19)31-21-11-17-5-6-18(21)10-17/h7-8,12,16-18,21-22H,5-6,9-11,13-15H2,1-4H3/t17?,18?,21?,22-,24+/m0/s1. The van der Waals surface area contributed by atoms with E-state index < -0.39 is 5.60 Å². The van der Waals surface area contributed by atoms with E-state index in [1.54, 1.807) is 25.3 Å². The number of nitrogens with zero attached hydrogens (tertiary/aromatic N) is 2. The minimum Gasteiger partial charge on any atom is -0.490 e. The highest BCUT2D eigenvalue weighted by Gasteiger charge is 2.62. The Morgan fingerprint density at radius 2 is 2.06 bits per heavy atom. The maximum atomic E-state index is 13.2. The van der Waals surface area contributed by atoms with Crippen molar-refractivity contribution in [1.29, 1.82) is 0 Å². The number of pyridine rings is 1. The molecule has 0 spiro atoms. The second kappa shape index (κ2) is 9.43. The monoisotopic (exact) mass is 432 g/mol. The quantitative estimate of drug-likeness (QED) is 0.394. The van der Waals surface area contributed by atoms with Gasteiger partial charge in [0.1, 0.15) is 25.4 Å². The number of hydrogen-bond donors (Lipinski definition) is 0. The molecule has 1 aromatic rings. The summed E-state index contributed by atoms with van der Waals surface area (Å²) in [5.74, 6) is 2.69. The van der Waals surface area contributed by atoms with E-state index in [2.05, 4.69) is 18.8 Å². The van der Waals surface area contributed by atoms with Gasteiger partial charge in [-0.05, 0) is 55.9 Å². The van der Waals surface area contributed by atoms with Crippen LogP contribution >= 0.6 is 0 Å². The molecule has 2 saturated carbocycles. The van der Waals surface area contributed by atoms with Gasteiger partial charge in [-0.3, -0.25) is 9.78 Å². The van der Waals surface area contributed by atoms with Crippen molar-refractivity contribution >= 4 is 5.91 Å². The Hall–Kier alpha value is -1.70. The summed E-state index contributed by atoms with van der Waals surface area (Å²) in [6.07, 6.45) is 8.38. The van der Waals surface area contributed by atoms with E-state index in [4.69, 9.17) is 18.9 Å². The normalized spacial score (nSPS) is 32.0. The Morgan fingerprint density at radius 3 is 2.71 bits per heavy atom. The summed E-state index contributed by atoms with van der Waals surface area (Å²) in [4.78, 5) is 19.5. The third kappa shape index (κ3) is 4.45. The number of likely N-dealkylation sites (tertiary alicyclic amines) is 1. The molecular weight excluding hydrogens is 396 g/mol. The summed E-state index contributed by atoms with van der Waals surface area (Å²) < 4.78 is 22.9. The lowest BCUT2D eigenvalue weighted by Crippen LogP contribution is -2.76. The van der Waals surface area contributed by atoms with E-state index in [1.165, 1.54) is 19.3 Å². The summed E-state index contributed by atoms with van der Waals surface area (Å²) in [5, 5.41) is 0. The van der Waals surface area contributed by atoms with Crippen molar-refractivity contribution in [3.05, 3.63) is 24.0 Å². The highest BCUT2D eigenvalue weighted by atomic mass is 16.7. The molecule has 2 aliphatic carbocycles. The molecular formula is C24H36N2O5. The molecule has 3 unspecified atom stereocenters. The zero-order valence-electron chi connectivity index (χ0n) is 19.2. The van der Waals surface area contributed by atoms with Crippen LogP contribution in [0.15, 0.2) is 18.3 Å². The van der Waals surface area contributed by atoms with E-state index >= 15 is 0 Å². The molecule has 1 aromatic heterocycles. The first-order chi connectivity index (χ1) is 15.0. The lowest BCUT2D eigenvalue weighted by atomic mass is 9.75. The summed E-state index contributed by atoms with van der Waals surface area (Å²) in [5.41, 5.74) is -0.187. The molecule has 0 radical (unpaired) electrons. The van der Waals surface area contributed by atoms with Gasteiger partial charge >= 0.3 is 0 Å². The Morgan fingerprint density at radius 1 is 1.23 bits per heavy atom. The van der Waals surface area contributed by atoms with Crippen LogP contribution in [0.1, 0.15) is 51.6 Å². The number of rotatable bonds is 11. The van der Waals surface area contributed by atoms with Gasteiger partial charge in [0, 0.05) is 38.6 Å². The average Bonchev–Trinajstić information content (AvgIpc) is 3.37. The lowest BCUT2D eigenvalue weighted by molar-refractivity contribution is -0.235. The van der Waals surface area contributed by atoms with Crippen LogP contribution in [0, 0.1) is 17.8 Å². The number of amides is 1. The number of carbonyl (C=O) groups is 1. The smallest absolute Gasteiger partial charge is 0.259 e. The van der Waals surface area contributed by atoms with Crippen LogP contribution in [0.25, 0.3) is 0 Å². The van der Waals surface area contributed by atoms with E-state index in [0.29, 0.717) is 24.4 Å². The molecule has 3 aliphatic rings. The van der Waals surface area contributed by atoms with Crippen molar-refractivity contribution in [1.82, 2.24) is 9.88 Å². The minimum absolute atomic E-state index is 0.0580. The second-order valence-corrected chi connectivity index (χ2v) is 9.77. The predicted octanol–water partition coefficient (Wildman–Crippen LogP) is 3.41. The largest absolute Gasteiger partial charge is 0.490 e. The summed E-state index contributed by atoms with van der Waals surface area (Å²) in [7, 11) is 3.18. The summed E-state index contributed by atoms with van der Waals surface area (Å²) >= 11 is 0. The molecule has 7 heteroatoms. The average molecular weight is 433 g/mol. The van der Waals surface area contributed by atoms with E-state index in [9.17, 15) is 4.79 Å². The molecule has 1 saturated heterocycles. The number of carbonyl (C=O) groups excluding carboxylic acids is 1. The van der Waals surface area contributed by atoms with Crippen molar-refractivity contribution < 1.29 is 23.7 Å². The molecule has 2 heterocycles. The van der Waals surface area contributed by atoms with Crippen molar-refractivity contribution in [2.45, 2.75) is 70.1 Å². The van der Waals surface area contributed by atoms with Crippen LogP contribution in [0.2, 0.25) is 0 Å². The number of ether oxygens (including phenoxy) is 4. The first kappa shape index (κ1) is 22.5. The highest BCUT2D eigenvalue weighted by Crippen LogP contribution is 2.46.